The summed E-state index contributed by atoms with van der Waals surface area (Å²) in [5.74, 6) is 0.0600. The summed E-state index contributed by atoms with van der Waals surface area (Å²) in [5.41, 5.74) is 6.53. The van der Waals surface area contributed by atoms with Crippen molar-refractivity contribution in [3.63, 3.8) is 0 Å². The minimum Gasteiger partial charge on any atom is -0.495 e. The first-order chi connectivity index (χ1) is 9.99. The van der Waals surface area contributed by atoms with Gasteiger partial charge in [-0.2, -0.15) is 0 Å². The Balaban J connectivity index is 2.84. The van der Waals surface area contributed by atoms with Gasteiger partial charge in [0.25, 0.3) is 0 Å². The van der Waals surface area contributed by atoms with E-state index < -0.39 is 0 Å². The number of amides is 2. The average molecular weight is 295 g/mol. The van der Waals surface area contributed by atoms with Crippen LogP contribution in [0.25, 0.3) is 0 Å². The first-order valence-electron chi connectivity index (χ1n) is 6.48. The number of nitrogens with one attached hydrogen (secondary N) is 2. The molecule has 0 bridgehead atoms. The van der Waals surface area contributed by atoms with Crippen molar-refractivity contribution in [2.45, 2.75) is 19.4 Å². The molecule has 0 aliphatic rings. The molecular weight excluding hydrogens is 274 g/mol. The highest BCUT2D eigenvalue weighted by Gasteiger charge is 2.14. The molecule has 1 aromatic rings. The third-order valence-corrected chi connectivity index (χ3v) is 2.80. The molecule has 7 heteroatoms. The van der Waals surface area contributed by atoms with Gasteiger partial charge in [0.05, 0.1) is 25.3 Å². The van der Waals surface area contributed by atoms with Crippen LogP contribution in [0.4, 0.5) is 11.4 Å². The Morgan fingerprint density at radius 3 is 2.52 bits per heavy atom. The van der Waals surface area contributed by atoms with Gasteiger partial charge in [0, 0.05) is 26.3 Å². The van der Waals surface area contributed by atoms with Crippen LogP contribution in [0.1, 0.15) is 13.3 Å². The summed E-state index contributed by atoms with van der Waals surface area (Å²) < 4.78 is 10.2. The molecule has 21 heavy (non-hydrogen) atoms. The summed E-state index contributed by atoms with van der Waals surface area (Å²) in [7, 11) is 3.00. The fourth-order valence-electron chi connectivity index (χ4n) is 1.76. The van der Waals surface area contributed by atoms with Gasteiger partial charge in [-0.15, -0.1) is 0 Å². The minimum absolute atomic E-state index is 0.139. The number of carbonyl (C=O) groups excluding carboxylic acids is 2. The van der Waals surface area contributed by atoms with Crippen LogP contribution >= 0.6 is 0 Å². The highest BCUT2D eigenvalue weighted by atomic mass is 16.5. The first-order valence-corrected chi connectivity index (χ1v) is 6.48. The Bertz CT molecular complexity index is 501. The Kier molecular flexibility index (Phi) is 6.64. The van der Waals surface area contributed by atoms with Crippen molar-refractivity contribution in [2.75, 3.05) is 31.4 Å². The van der Waals surface area contributed by atoms with E-state index in [9.17, 15) is 9.59 Å². The second-order valence-corrected chi connectivity index (χ2v) is 4.44. The number of hydrogen-bond donors (Lipinski definition) is 3. The van der Waals surface area contributed by atoms with Gasteiger partial charge < -0.3 is 25.8 Å². The Morgan fingerprint density at radius 2 is 2.00 bits per heavy atom. The fourth-order valence-corrected chi connectivity index (χ4v) is 1.76. The third-order valence-electron chi connectivity index (χ3n) is 2.80. The van der Waals surface area contributed by atoms with Crippen molar-refractivity contribution >= 4 is 23.2 Å². The average Bonchev–Trinajstić information content (AvgIpc) is 2.44. The van der Waals surface area contributed by atoms with Crippen LogP contribution in [0.3, 0.4) is 0 Å². The predicted molar refractivity (Wildman–Crippen MR) is 80.4 cm³/mol. The van der Waals surface area contributed by atoms with Crippen molar-refractivity contribution < 1.29 is 19.1 Å². The van der Waals surface area contributed by atoms with Gasteiger partial charge in [0.15, 0.2) is 0 Å². The molecule has 4 N–H and O–H groups in total. The molecule has 0 saturated carbocycles. The lowest BCUT2D eigenvalue weighted by Crippen LogP contribution is -2.28. The van der Waals surface area contributed by atoms with E-state index in [-0.39, 0.29) is 30.9 Å². The van der Waals surface area contributed by atoms with Gasteiger partial charge in [-0.3, -0.25) is 9.59 Å². The van der Waals surface area contributed by atoms with Crippen molar-refractivity contribution in [2.24, 2.45) is 5.73 Å². The van der Waals surface area contributed by atoms with Crippen molar-refractivity contribution in [3.8, 4) is 5.75 Å². The van der Waals surface area contributed by atoms with Crippen LogP contribution in [0.2, 0.25) is 0 Å². The summed E-state index contributed by atoms with van der Waals surface area (Å²) in [5, 5.41) is 5.37. The van der Waals surface area contributed by atoms with Crippen molar-refractivity contribution in [3.05, 3.63) is 18.2 Å². The molecular formula is C14H21N3O4. The van der Waals surface area contributed by atoms with Gasteiger partial charge in [0.2, 0.25) is 11.8 Å². The van der Waals surface area contributed by atoms with E-state index in [1.54, 1.807) is 18.2 Å². The molecule has 0 radical (unpaired) electrons. The number of anilines is 2. The molecule has 0 heterocycles. The molecule has 0 aliphatic carbocycles. The predicted octanol–water partition coefficient (Wildman–Crippen LogP) is 0.956. The van der Waals surface area contributed by atoms with E-state index in [0.29, 0.717) is 17.1 Å². The van der Waals surface area contributed by atoms with E-state index in [1.165, 1.54) is 21.1 Å². The largest absolute Gasteiger partial charge is 0.495 e. The molecule has 1 rings (SSSR count). The second-order valence-electron chi connectivity index (χ2n) is 4.44. The topological polar surface area (TPSA) is 103 Å². The van der Waals surface area contributed by atoms with Crippen LogP contribution in [-0.4, -0.2) is 38.7 Å². The van der Waals surface area contributed by atoms with E-state index in [2.05, 4.69) is 10.6 Å². The van der Waals surface area contributed by atoms with E-state index in [4.69, 9.17) is 15.2 Å². The minimum atomic E-state index is -0.338. The number of ether oxygens (including phenoxy) is 2. The molecule has 1 aromatic carbocycles. The number of carbonyl (C=O) groups is 2. The smallest absolute Gasteiger partial charge is 0.227 e. The molecule has 0 aliphatic heterocycles. The lowest BCUT2D eigenvalue weighted by atomic mass is 10.2. The zero-order valence-electron chi connectivity index (χ0n) is 12.4. The molecule has 0 spiro atoms. The maximum atomic E-state index is 12.0. The maximum absolute atomic E-state index is 12.0. The Morgan fingerprint density at radius 1 is 1.29 bits per heavy atom. The second kappa shape index (κ2) is 8.23. The van der Waals surface area contributed by atoms with Crippen LogP contribution in [0.15, 0.2) is 18.2 Å². The van der Waals surface area contributed by atoms with Crippen LogP contribution < -0.4 is 21.1 Å². The standard InChI is InChI=1S/C14H21N3O4/c1-9(18)16-10-4-5-13(21-3)12(6-10)17-14(19)7-11(8-15)20-2/h4-6,11H,7-8,15H2,1-3H3,(H,16,18)(H,17,19). The number of hydrogen-bond acceptors (Lipinski definition) is 5. The molecule has 1 atom stereocenters. The van der Waals surface area contributed by atoms with Crippen molar-refractivity contribution in [1.29, 1.82) is 0 Å². The van der Waals surface area contributed by atoms with E-state index in [1.807, 2.05) is 0 Å². The summed E-state index contributed by atoms with van der Waals surface area (Å²) in [4.78, 5) is 23.0. The zero-order valence-corrected chi connectivity index (χ0v) is 12.4. The highest BCUT2D eigenvalue weighted by Crippen LogP contribution is 2.28. The molecule has 2 amide bonds. The fraction of sp³-hybridized carbons (Fsp3) is 0.429. The molecule has 116 valence electrons. The van der Waals surface area contributed by atoms with E-state index >= 15 is 0 Å². The van der Waals surface area contributed by atoms with Crippen LogP contribution in [0, 0.1) is 0 Å². The normalized spacial score (nSPS) is 11.6. The molecule has 7 nitrogen and oxygen atoms in total. The molecule has 0 saturated heterocycles. The molecule has 1 unspecified atom stereocenters. The first kappa shape index (κ1) is 16.9. The van der Waals surface area contributed by atoms with Gasteiger partial charge in [-0.05, 0) is 18.2 Å². The summed E-state index contributed by atoms with van der Waals surface area (Å²) >= 11 is 0. The summed E-state index contributed by atoms with van der Waals surface area (Å²) in [6, 6.07) is 4.98. The number of rotatable bonds is 7. The quantitative estimate of drug-likeness (QED) is 0.695. The van der Waals surface area contributed by atoms with Crippen LogP contribution in [-0.2, 0) is 14.3 Å². The van der Waals surface area contributed by atoms with Crippen molar-refractivity contribution in [1.82, 2.24) is 0 Å². The number of methoxy groups -OCH3 is 2. The van der Waals surface area contributed by atoms with Gasteiger partial charge in [-0.25, -0.2) is 0 Å². The van der Waals surface area contributed by atoms with E-state index in [0.717, 1.165) is 0 Å². The molecule has 0 fully saturated rings. The number of nitrogens with two attached hydrogens (primary N) is 1. The zero-order chi connectivity index (χ0) is 15.8. The van der Waals surface area contributed by atoms with Gasteiger partial charge >= 0.3 is 0 Å². The van der Waals surface area contributed by atoms with Gasteiger partial charge in [0.1, 0.15) is 5.75 Å². The monoisotopic (exact) mass is 295 g/mol. The SMILES string of the molecule is COc1ccc(NC(C)=O)cc1NC(=O)CC(CN)OC. The lowest BCUT2D eigenvalue weighted by Gasteiger charge is -2.15. The number of benzene rings is 1. The Hall–Kier alpha value is -2.12. The summed E-state index contributed by atoms with van der Waals surface area (Å²) in [6.07, 6.45) is -0.199. The van der Waals surface area contributed by atoms with Crippen LogP contribution in [0.5, 0.6) is 5.75 Å². The highest BCUT2D eigenvalue weighted by molar-refractivity contribution is 5.95. The summed E-state index contributed by atoms with van der Waals surface area (Å²) in [6.45, 7) is 1.67. The lowest BCUT2D eigenvalue weighted by molar-refractivity contribution is -0.118. The maximum Gasteiger partial charge on any atom is 0.227 e. The Labute approximate surface area is 123 Å². The molecule has 0 aromatic heterocycles. The van der Waals surface area contributed by atoms with Gasteiger partial charge in [-0.1, -0.05) is 0 Å². The third kappa shape index (κ3) is 5.41.